The average molecular weight is 292 g/mol. The highest BCUT2D eigenvalue weighted by Crippen LogP contribution is 2.27. The SMILES string of the molecule is O=C(NC1CCOCC1)NC1CCC(n2cccn2)CC1. The fourth-order valence-electron chi connectivity index (χ4n) is 3.24. The highest BCUT2D eigenvalue weighted by atomic mass is 16.5. The maximum Gasteiger partial charge on any atom is 0.315 e. The minimum Gasteiger partial charge on any atom is -0.381 e. The van der Waals surface area contributed by atoms with Crippen LogP contribution in [-0.2, 0) is 4.74 Å². The minimum absolute atomic E-state index is 0.0237. The van der Waals surface area contributed by atoms with Gasteiger partial charge in [-0.2, -0.15) is 5.10 Å². The molecule has 6 nitrogen and oxygen atoms in total. The summed E-state index contributed by atoms with van der Waals surface area (Å²) in [5.41, 5.74) is 0. The van der Waals surface area contributed by atoms with Gasteiger partial charge in [0.2, 0.25) is 0 Å². The molecule has 3 rings (SSSR count). The van der Waals surface area contributed by atoms with Crippen LogP contribution >= 0.6 is 0 Å². The Morgan fingerprint density at radius 2 is 1.71 bits per heavy atom. The van der Waals surface area contributed by atoms with Crippen molar-refractivity contribution in [3.8, 4) is 0 Å². The molecule has 0 atom stereocenters. The van der Waals surface area contributed by atoms with Crippen molar-refractivity contribution in [3.05, 3.63) is 18.5 Å². The van der Waals surface area contributed by atoms with Crippen molar-refractivity contribution in [2.45, 2.75) is 56.7 Å². The quantitative estimate of drug-likeness (QED) is 0.893. The molecule has 1 aliphatic carbocycles. The third-order valence-corrected chi connectivity index (χ3v) is 4.49. The van der Waals surface area contributed by atoms with Crippen LogP contribution in [0.5, 0.6) is 0 Å². The Morgan fingerprint density at radius 1 is 1.05 bits per heavy atom. The van der Waals surface area contributed by atoms with Crippen LogP contribution in [0.1, 0.15) is 44.6 Å². The molecule has 0 radical (unpaired) electrons. The van der Waals surface area contributed by atoms with Gasteiger partial charge in [0, 0.05) is 37.7 Å². The van der Waals surface area contributed by atoms with E-state index in [1.165, 1.54) is 0 Å². The number of hydrogen-bond donors (Lipinski definition) is 2. The van der Waals surface area contributed by atoms with Crippen molar-refractivity contribution in [2.75, 3.05) is 13.2 Å². The highest BCUT2D eigenvalue weighted by Gasteiger charge is 2.24. The lowest BCUT2D eigenvalue weighted by Crippen LogP contribution is -2.48. The van der Waals surface area contributed by atoms with E-state index in [9.17, 15) is 4.79 Å². The van der Waals surface area contributed by atoms with Crippen LogP contribution in [0.3, 0.4) is 0 Å². The first-order valence-electron chi connectivity index (χ1n) is 7.95. The second kappa shape index (κ2) is 6.93. The number of hydrogen-bond acceptors (Lipinski definition) is 3. The summed E-state index contributed by atoms with van der Waals surface area (Å²) in [7, 11) is 0. The largest absolute Gasteiger partial charge is 0.381 e. The fourth-order valence-corrected chi connectivity index (χ4v) is 3.24. The molecule has 0 aromatic carbocycles. The molecule has 2 amide bonds. The van der Waals surface area contributed by atoms with Crippen LogP contribution in [0.2, 0.25) is 0 Å². The van der Waals surface area contributed by atoms with Gasteiger partial charge in [0.1, 0.15) is 0 Å². The van der Waals surface area contributed by atoms with Crippen molar-refractivity contribution >= 4 is 6.03 Å². The molecular weight excluding hydrogens is 268 g/mol. The van der Waals surface area contributed by atoms with Gasteiger partial charge in [-0.3, -0.25) is 4.68 Å². The third-order valence-electron chi connectivity index (χ3n) is 4.49. The van der Waals surface area contributed by atoms with Crippen molar-refractivity contribution in [1.82, 2.24) is 20.4 Å². The highest BCUT2D eigenvalue weighted by molar-refractivity contribution is 5.74. The molecule has 6 heteroatoms. The predicted octanol–water partition coefficient (Wildman–Crippen LogP) is 1.84. The molecule has 1 saturated carbocycles. The van der Waals surface area contributed by atoms with Crippen LogP contribution in [-0.4, -0.2) is 41.1 Å². The minimum atomic E-state index is -0.0237. The van der Waals surface area contributed by atoms with Crippen molar-refractivity contribution in [1.29, 1.82) is 0 Å². The van der Waals surface area contributed by atoms with Crippen LogP contribution in [0.25, 0.3) is 0 Å². The lowest BCUT2D eigenvalue weighted by molar-refractivity contribution is 0.0798. The molecule has 1 aromatic heterocycles. The van der Waals surface area contributed by atoms with Gasteiger partial charge in [-0.05, 0) is 44.6 Å². The number of urea groups is 1. The Balaban J connectivity index is 1.39. The third kappa shape index (κ3) is 3.97. The van der Waals surface area contributed by atoms with Gasteiger partial charge in [0.25, 0.3) is 0 Å². The molecule has 2 aliphatic rings. The van der Waals surface area contributed by atoms with E-state index in [4.69, 9.17) is 4.74 Å². The summed E-state index contributed by atoms with van der Waals surface area (Å²) in [5, 5.41) is 10.5. The summed E-state index contributed by atoms with van der Waals surface area (Å²) in [6.07, 6.45) is 9.87. The van der Waals surface area contributed by atoms with Gasteiger partial charge in [-0.25, -0.2) is 4.79 Å². The zero-order chi connectivity index (χ0) is 14.5. The van der Waals surface area contributed by atoms with E-state index in [1.807, 2.05) is 23.1 Å². The van der Waals surface area contributed by atoms with Gasteiger partial charge >= 0.3 is 6.03 Å². The van der Waals surface area contributed by atoms with E-state index in [-0.39, 0.29) is 18.1 Å². The first kappa shape index (κ1) is 14.4. The molecule has 0 unspecified atom stereocenters. The summed E-state index contributed by atoms with van der Waals surface area (Å²) in [6.45, 7) is 1.50. The monoisotopic (exact) mass is 292 g/mol. The van der Waals surface area contributed by atoms with Crippen molar-refractivity contribution in [2.24, 2.45) is 0 Å². The van der Waals surface area contributed by atoms with E-state index in [0.29, 0.717) is 6.04 Å². The molecule has 116 valence electrons. The van der Waals surface area contributed by atoms with Gasteiger partial charge in [-0.15, -0.1) is 0 Å². The molecule has 1 aromatic rings. The number of nitrogens with one attached hydrogen (secondary N) is 2. The molecule has 0 bridgehead atoms. The Bertz CT molecular complexity index is 435. The number of amides is 2. The van der Waals surface area contributed by atoms with Crippen LogP contribution < -0.4 is 10.6 Å². The molecule has 21 heavy (non-hydrogen) atoms. The van der Waals surface area contributed by atoms with Crippen molar-refractivity contribution in [3.63, 3.8) is 0 Å². The number of nitrogens with zero attached hydrogens (tertiary/aromatic N) is 2. The smallest absolute Gasteiger partial charge is 0.315 e. The van der Waals surface area contributed by atoms with E-state index < -0.39 is 0 Å². The van der Waals surface area contributed by atoms with Crippen LogP contribution in [0.15, 0.2) is 18.5 Å². The maximum atomic E-state index is 12.0. The first-order valence-corrected chi connectivity index (χ1v) is 7.95. The Morgan fingerprint density at radius 3 is 2.33 bits per heavy atom. The topological polar surface area (TPSA) is 68.2 Å². The Labute approximate surface area is 125 Å². The Hall–Kier alpha value is -1.56. The summed E-state index contributed by atoms with van der Waals surface area (Å²) >= 11 is 0. The fraction of sp³-hybridized carbons (Fsp3) is 0.733. The zero-order valence-corrected chi connectivity index (χ0v) is 12.3. The molecule has 2 heterocycles. The van der Waals surface area contributed by atoms with E-state index in [2.05, 4.69) is 15.7 Å². The van der Waals surface area contributed by atoms with Crippen LogP contribution in [0, 0.1) is 0 Å². The summed E-state index contributed by atoms with van der Waals surface area (Å²) in [4.78, 5) is 12.0. The van der Waals surface area contributed by atoms with E-state index in [0.717, 1.165) is 51.7 Å². The van der Waals surface area contributed by atoms with Gasteiger partial charge in [0.05, 0.1) is 6.04 Å². The first-order chi connectivity index (χ1) is 10.3. The average Bonchev–Trinajstić information content (AvgIpc) is 3.03. The number of ether oxygens (including phenoxy) is 1. The zero-order valence-electron chi connectivity index (χ0n) is 12.3. The number of aromatic nitrogens is 2. The van der Waals surface area contributed by atoms with Gasteiger partial charge in [-0.1, -0.05) is 0 Å². The summed E-state index contributed by atoms with van der Waals surface area (Å²) in [5.74, 6) is 0. The summed E-state index contributed by atoms with van der Waals surface area (Å²) in [6, 6.07) is 2.97. The maximum absolute atomic E-state index is 12.0. The summed E-state index contributed by atoms with van der Waals surface area (Å²) < 4.78 is 7.34. The predicted molar refractivity (Wildman–Crippen MR) is 79.0 cm³/mol. The lowest BCUT2D eigenvalue weighted by atomic mass is 9.91. The number of carbonyl (C=O) groups excluding carboxylic acids is 1. The van der Waals surface area contributed by atoms with E-state index in [1.54, 1.807) is 0 Å². The lowest BCUT2D eigenvalue weighted by Gasteiger charge is -2.30. The standard InChI is InChI=1S/C15H24N4O2/c20-15(18-13-6-10-21-11-7-13)17-12-2-4-14(5-3-12)19-9-1-8-16-19/h1,8-9,12-14H,2-7,10-11H2,(H2,17,18,20). The van der Waals surface area contributed by atoms with Gasteiger partial charge < -0.3 is 15.4 Å². The second-order valence-corrected chi connectivity index (χ2v) is 6.00. The molecular formula is C15H24N4O2. The number of rotatable bonds is 3. The molecule has 2 fully saturated rings. The molecule has 1 aliphatic heterocycles. The normalized spacial score (nSPS) is 27.2. The van der Waals surface area contributed by atoms with E-state index >= 15 is 0 Å². The Kier molecular flexibility index (Phi) is 4.75. The molecule has 1 saturated heterocycles. The number of carbonyl (C=O) groups is 1. The second-order valence-electron chi connectivity index (χ2n) is 6.00. The van der Waals surface area contributed by atoms with Crippen LogP contribution in [0.4, 0.5) is 4.79 Å². The molecule has 0 spiro atoms. The molecule has 2 N–H and O–H groups in total. The van der Waals surface area contributed by atoms with Crippen molar-refractivity contribution < 1.29 is 9.53 Å². The van der Waals surface area contributed by atoms with Gasteiger partial charge in [0.15, 0.2) is 0 Å².